The van der Waals surface area contributed by atoms with Crippen molar-refractivity contribution in [1.82, 2.24) is 10.2 Å². The zero-order valence-corrected chi connectivity index (χ0v) is 15.6. The van der Waals surface area contributed by atoms with Crippen LogP contribution in [0.4, 0.5) is 0 Å². The van der Waals surface area contributed by atoms with Gasteiger partial charge >= 0.3 is 0 Å². The molecule has 0 radical (unpaired) electrons. The van der Waals surface area contributed by atoms with Crippen molar-refractivity contribution in [2.75, 3.05) is 13.1 Å². The molecule has 1 heterocycles. The molecule has 2 aliphatic rings. The third-order valence-electron chi connectivity index (χ3n) is 5.48. The average molecular weight is 348 g/mol. The van der Waals surface area contributed by atoms with Gasteiger partial charge in [0.15, 0.2) is 0 Å². The summed E-state index contributed by atoms with van der Waals surface area (Å²) in [5.41, 5.74) is 5.15. The monoisotopic (exact) mass is 348 g/mol. The van der Waals surface area contributed by atoms with Crippen molar-refractivity contribution >= 4 is 5.91 Å². The number of amides is 1. The molecule has 1 atom stereocenters. The Morgan fingerprint density at radius 2 is 1.85 bits per heavy atom. The van der Waals surface area contributed by atoms with Crippen LogP contribution in [0, 0.1) is 12.8 Å². The Hall–Kier alpha value is -2.13. The third-order valence-corrected chi connectivity index (χ3v) is 5.48. The lowest BCUT2D eigenvalue weighted by molar-refractivity contribution is -0.126. The van der Waals surface area contributed by atoms with Gasteiger partial charge in [0, 0.05) is 19.1 Å². The predicted octanol–water partition coefficient (Wildman–Crippen LogP) is 4.15. The lowest BCUT2D eigenvalue weighted by atomic mass is 9.96. The number of aryl methyl sites for hydroxylation is 1. The second-order valence-electron chi connectivity index (χ2n) is 7.93. The summed E-state index contributed by atoms with van der Waals surface area (Å²) in [6.45, 7) is 5.02. The second-order valence-corrected chi connectivity index (χ2v) is 7.93. The van der Waals surface area contributed by atoms with Gasteiger partial charge in [-0.1, -0.05) is 48.0 Å². The summed E-state index contributed by atoms with van der Waals surface area (Å²) in [5, 5.41) is 3.18. The molecular formula is C23H28N2O. The second kappa shape index (κ2) is 7.63. The van der Waals surface area contributed by atoms with Crippen molar-refractivity contribution in [3.05, 3.63) is 59.7 Å². The molecule has 1 unspecified atom stereocenters. The number of carbonyl (C=O) groups excluding carboxylic acids is 1. The standard InChI is InChI=1S/C23H28N2O/c1-17-5-2-7-19(13-17)20-8-3-6-18(14-20)15-25-12-4-9-21(16-25)23(26)24-22-10-11-22/h2-3,5-8,13-14,21-22H,4,9-12,15-16H2,1H3,(H,24,26). The predicted molar refractivity (Wildman–Crippen MR) is 106 cm³/mol. The maximum atomic E-state index is 12.4. The summed E-state index contributed by atoms with van der Waals surface area (Å²) in [5.74, 6) is 0.426. The minimum atomic E-state index is 0.157. The molecule has 3 nitrogen and oxygen atoms in total. The SMILES string of the molecule is Cc1cccc(-c2cccc(CN3CCCC(C(=O)NC4CC4)C3)c2)c1. The van der Waals surface area contributed by atoms with E-state index in [-0.39, 0.29) is 11.8 Å². The number of benzene rings is 2. The van der Waals surface area contributed by atoms with E-state index in [9.17, 15) is 4.79 Å². The number of piperidine rings is 1. The maximum Gasteiger partial charge on any atom is 0.224 e. The highest BCUT2D eigenvalue weighted by atomic mass is 16.2. The van der Waals surface area contributed by atoms with E-state index in [1.54, 1.807) is 0 Å². The minimum absolute atomic E-state index is 0.157. The summed E-state index contributed by atoms with van der Waals surface area (Å²) in [6.07, 6.45) is 4.46. The van der Waals surface area contributed by atoms with E-state index in [0.29, 0.717) is 6.04 Å². The number of rotatable bonds is 5. The summed E-state index contributed by atoms with van der Waals surface area (Å²) >= 11 is 0. The Balaban J connectivity index is 1.41. The van der Waals surface area contributed by atoms with Gasteiger partial charge in [-0.3, -0.25) is 9.69 Å². The molecule has 2 aromatic rings. The molecule has 0 spiro atoms. The highest BCUT2D eigenvalue weighted by Gasteiger charge is 2.30. The van der Waals surface area contributed by atoms with Crippen molar-refractivity contribution < 1.29 is 4.79 Å². The number of nitrogens with one attached hydrogen (secondary N) is 1. The van der Waals surface area contributed by atoms with Gasteiger partial charge in [0.1, 0.15) is 0 Å². The van der Waals surface area contributed by atoms with Crippen LogP contribution in [0.5, 0.6) is 0 Å². The van der Waals surface area contributed by atoms with Crippen molar-refractivity contribution in [2.45, 2.75) is 45.2 Å². The van der Waals surface area contributed by atoms with Gasteiger partial charge in [0.05, 0.1) is 5.92 Å². The Morgan fingerprint density at radius 1 is 1.08 bits per heavy atom. The van der Waals surface area contributed by atoms with E-state index in [0.717, 1.165) is 45.3 Å². The molecular weight excluding hydrogens is 320 g/mol. The Kier molecular flexibility index (Phi) is 5.07. The first-order chi connectivity index (χ1) is 12.7. The lowest BCUT2D eigenvalue weighted by Gasteiger charge is -2.32. The largest absolute Gasteiger partial charge is 0.353 e. The Morgan fingerprint density at radius 3 is 2.62 bits per heavy atom. The van der Waals surface area contributed by atoms with Crippen LogP contribution in [-0.2, 0) is 11.3 Å². The van der Waals surface area contributed by atoms with E-state index in [1.807, 2.05) is 0 Å². The zero-order chi connectivity index (χ0) is 17.9. The van der Waals surface area contributed by atoms with Gasteiger partial charge in [-0.25, -0.2) is 0 Å². The van der Waals surface area contributed by atoms with Crippen LogP contribution in [-0.4, -0.2) is 29.9 Å². The van der Waals surface area contributed by atoms with Gasteiger partial charge in [-0.05, 0) is 61.9 Å². The molecule has 1 saturated carbocycles. The van der Waals surface area contributed by atoms with E-state index < -0.39 is 0 Å². The van der Waals surface area contributed by atoms with E-state index in [4.69, 9.17) is 0 Å². The molecule has 1 N–H and O–H groups in total. The molecule has 1 saturated heterocycles. The summed E-state index contributed by atoms with van der Waals surface area (Å²) < 4.78 is 0. The van der Waals surface area contributed by atoms with E-state index in [1.165, 1.54) is 22.3 Å². The quantitative estimate of drug-likeness (QED) is 0.880. The first-order valence-corrected chi connectivity index (χ1v) is 9.86. The fraction of sp³-hybridized carbons (Fsp3) is 0.435. The van der Waals surface area contributed by atoms with Gasteiger partial charge < -0.3 is 5.32 Å². The molecule has 3 heteroatoms. The Labute approximate surface area is 156 Å². The number of nitrogens with zero attached hydrogens (tertiary/aromatic N) is 1. The number of carbonyl (C=O) groups is 1. The van der Waals surface area contributed by atoms with Crippen LogP contribution in [0.25, 0.3) is 11.1 Å². The highest BCUT2D eigenvalue weighted by Crippen LogP contribution is 2.25. The maximum absolute atomic E-state index is 12.4. The molecule has 2 aromatic carbocycles. The van der Waals surface area contributed by atoms with Crippen LogP contribution >= 0.6 is 0 Å². The molecule has 1 amide bonds. The molecule has 1 aliphatic heterocycles. The van der Waals surface area contributed by atoms with Gasteiger partial charge in [-0.15, -0.1) is 0 Å². The summed E-state index contributed by atoms with van der Waals surface area (Å²) in [4.78, 5) is 14.8. The van der Waals surface area contributed by atoms with Gasteiger partial charge in [0.25, 0.3) is 0 Å². The first kappa shape index (κ1) is 17.3. The van der Waals surface area contributed by atoms with E-state index in [2.05, 4.69) is 65.7 Å². The number of likely N-dealkylation sites (tertiary alicyclic amines) is 1. The smallest absolute Gasteiger partial charge is 0.224 e. The molecule has 0 aromatic heterocycles. The molecule has 1 aliphatic carbocycles. The van der Waals surface area contributed by atoms with E-state index >= 15 is 0 Å². The van der Waals surface area contributed by atoms with Gasteiger partial charge in [-0.2, -0.15) is 0 Å². The van der Waals surface area contributed by atoms with Gasteiger partial charge in [0.2, 0.25) is 5.91 Å². The highest BCUT2D eigenvalue weighted by molar-refractivity contribution is 5.79. The fourth-order valence-corrected chi connectivity index (χ4v) is 3.89. The van der Waals surface area contributed by atoms with Crippen LogP contribution in [0.3, 0.4) is 0 Å². The zero-order valence-electron chi connectivity index (χ0n) is 15.6. The number of hydrogen-bond donors (Lipinski definition) is 1. The lowest BCUT2D eigenvalue weighted by Crippen LogP contribution is -2.43. The number of hydrogen-bond acceptors (Lipinski definition) is 2. The summed E-state index contributed by atoms with van der Waals surface area (Å²) in [6, 6.07) is 17.9. The third kappa shape index (κ3) is 4.34. The van der Waals surface area contributed by atoms with Crippen molar-refractivity contribution in [2.24, 2.45) is 5.92 Å². The molecule has 2 fully saturated rings. The van der Waals surface area contributed by atoms with Crippen LogP contribution in [0.15, 0.2) is 48.5 Å². The van der Waals surface area contributed by atoms with Crippen molar-refractivity contribution in [1.29, 1.82) is 0 Å². The molecule has 136 valence electrons. The first-order valence-electron chi connectivity index (χ1n) is 9.86. The normalized spacial score (nSPS) is 20.7. The van der Waals surface area contributed by atoms with Crippen molar-refractivity contribution in [3.8, 4) is 11.1 Å². The fourth-order valence-electron chi connectivity index (χ4n) is 3.89. The Bertz CT molecular complexity index is 781. The van der Waals surface area contributed by atoms with Crippen LogP contribution in [0.1, 0.15) is 36.8 Å². The van der Waals surface area contributed by atoms with Crippen LogP contribution < -0.4 is 5.32 Å². The average Bonchev–Trinajstić information content (AvgIpc) is 3.46. The van der Waals surface area contributed by atoms with Crippen molar-refractivity contribution in [3.63, 3.8) is 0 Å². The molecule has 4 rings (SSSR count). The summed E-state index contributed by atoms with van der Waals surface area (Å²) in [7, 11) is 0. The topological polar surface area (TPSA) is 32.3 Å². The molecule has 26 heavy (non-hydrogen) atoms. The molecule has 0 bridgehead atoms. The van der Waals surface area contributed by atoms with Crippen LogP contribution in [0.2, 0.25) is 0 Å². The minimum Gasteiger partial charge on any atom is -0.353 e.